The Labute approximate surface area is 145 Å². The van der Waals surface area contributed by atoms with Gasteiger partial charge in [0.05, 0.1) is 28.2 Å². The maximum absolute atomic E-state index is 8.88. The van der Waals surface area contributed by atoms with E-state index in [1.165, 1.54) is 0 Å². The van der Waals surface area contributed by atoms with Crippen LogP contribution in [-0.2, 0) is 0 Å². The van der Waals surface area contributed by atoms with Crippen LogP contribution in [0.5, 0.6) is 0 Å². The summed E-state index contributed by atoms with van der Waals surface area (Å²) in [4.78, 5) is 4.43. The third-order valence-electron chi connectivity index (χ3n) is 4.15. The number of nitrogens with zero attached hydrogens (tertiary/aromatic N) is 3. The molecule has 2 heterocycles. The fourth-order valence-corrected chi connectivity index (χ4v) is 2.84. The molecule has 5 nitrogen and oxygen atoms in total. The summed E-state index contributed by atoms with van der Waals surface area (Å²) in [6, 6.07) is 19.7. The fourth-order valence-electron chi connectivity index (χ4n) is 2.84. The van der Waals surface area contributed by atoms with Gasteiger partial charge in [0, 0.05) is 11.9 Å². The van der Waals surface area contributed by atoms with Crippen molar-refractivity contribution >= 4 is 22.4 Å². The highest BCUT2D eigenvalue weighted by Gasteiger charge is 2.08. The van der Waals surface area contributed by atoms with Gasteiger partial charge in [-0.3, -0.25) is 5.10 Å². The molecule has 2 N–H and O–H groups in total. The summed E-state index contributed by atoms with van der Waals surface area (Å²) in [5.74, 6) is 0.787. The minimum absolute atomic E-state index is 0.664. The lowest BCUT2D eigenvalue weighted by atomic mass is 10.0. The zero-order valence-corrected chi connectivity index (χ0v) is 13.6. The van der Waals surface area contributed by atoms with Crippen molar-refractivity contribution in [2.75, 3.05) is 5.32 Å². The van der Waals surface area contributed by atoms with Crippen LogP contribution >= 0.6 is 0 Å². The number of nitrogens with one attached hydrogen (secondary N) is 2. The van der Waals surface area contributed by atoms with Crippen LogP contribution in [0.1, 0.15) is 11.3 Å². The number of anilines is 2. The monoisotopic (exact) mass is 325 g/mol. The molecule has 2 aromatic carbocycles. The number of aryl methyl sites for hydroxylation is 1. The minimum atomic E-state index is 0.664. The Morgan fingerprint density at radius 3 is 2.32 bits per heavy atom. The molecule has 0 spiro atoms. The van der Waals surface area contributed by atoms with Gasteiger partial charge in [0.25, 0.3) is 0 Å². The zero-order valence-electron chi connectivity index (χ0n) is 13.6. The summed E-state index contributed by atoms with van der Waals surface area (Å²) in [6.45, 7) is 1.96. The zero-order chi connectivity index (χ0) is 17.2. The minimum Gasteiger partial charge on any atom is -0.340 e. The molecule has 0 amide bonds. The van der Waals surface area contributed by atoms with Crippen molar-refractivity contribution in [2.24, 2.45) is 0 Å². The summed E-state index contributed by atoms with van der Waals surface area (Å²) in [5, 5.41) is 20.5. The average molecular weight is 325 g/mol. The molecule has 0 bridgehead atoms. The number of pyridine rings is 1. The number of rotatable bonds is 3. The Hall–Kier alpha value is -3.65. The van der Waals surface area contributed by atoms with Gasteiger partial charge in [0.15, 0.2) is 0 Å². The molecule has 25 heavy (non-hydrogen) atoms. The molecular formula is C20H15N5. The van der Waals surface area contributed by atoms with Crippen molar-refractivity contribution < 1.29 is 0 Å². The lowest BCUT2D eigenvalue weighted by Crippen LogP contribution is -1.94. The lowest BCUT2D eigenvalue weighted by Gasteiger charge is -2.08. The maximum atomic E-state index is 8.88. The molecule has 0 fully saturated rings. The van der Waals surface area contributed by atoms with Gasteiger partial charge >= 0.3 is 0 Å². The molecule has 4 aromatic rings. The summed E-state index contributed by atoms with van der Waals surface area (Å²) in [7, 11) is 0. The number of fused-ring (bicyclic) bond motifs is 1. The number of benzene rings is 2. The predicted molar refractivity (Wildman–Crippen MR) is 98.5 cm³/mol. The van der Waals surface area contributed by atoms with Gasteiger partial charge < -0.3 is 5.32 Å². The molecule has 120 valence electrons. The number of hydrogen-bond donors (Lipinski definition) is 2. The van der Waals surface area contributed by atoms with E-state index in [2.05, 4.69) is 26.6 Å². The number of aromatic amines is 1. The van der Waals surface area contributed by atoms with E-state index in [1.54, 1.807) is 6.20 Å². The first-order valence-electron chi connectivity index (χ1n) is 7.92. The van der Waals surface area contributed by atoms with Crippen LogP contribution in [0.15, 0.2) is 60.8 Å². The van der Waals surface area contributed by atoms with Crippen molar-refractivity contribution in [3.05, 3.63) is 72.1 Å². The highest BCUT2D eigenvalue weighted by Crippen LogP contribution is 2.27. The average Bonchev–Trinajstić information content (AvgIpc) is 3.05. The first kappa shape index (κ1) is 14.9. The summed E-state index contributed by atoms with van der Waals surface area (Å²) < 4.78 is 0. The highest BCUT2D eigenvalue weighted by atomic mass is 15.1. The van der Waals surface area contributed by atoms with Crippen molar-refractivity contribution in [1.29, 1.82) is 5.26 Å². The molecule has 0 aliphatic heterocycles. The SMILES string of the molecule is Cc1n[nH]c2ccnc(Nc3ccc(-c4ccc(C#N)cc4)cc3)c12. The van der Waals surface area contributed by atoms with Crippen LogP contribution in [-0.4, -0.2) is 15.2 Å². The summed E-state index contributed by atoms with van der Waals surface area (Å²) in [5.41, 5.74) is 5.68. The second-order valence-electron chi connectivity index (χ2n) is 5.78. The number of H-pyrrole nitrogens is 1. The Bertz CT molecular complexity index is 1070. The topological polar surface area (TPSA) is 77.4 Å². The third kappa shape index (κ3) is 2.81. The third-order valence-corrected chi connectivity index (χ3v) is 4.15. The molecule has 0 radical (unpaired) electrons. The second-order valence-corrected chi connectivity index (χ2v) is 5.78. The van der Waals surface area contributed by atoms with Gasteiger partial charge in [-0.05, 0) is 48.4 Å². The molecular weight excluding hydrogens is 310 g/mol. The summed E-state index contributed by atoms with van der Waals surface area (Å²) in [6.07, 6.45) is 1.76. The molecule has 0 aliphatic rings. The number of aromatic nitrogens is 3. The normalized spacial score (nSPS) is 10.6. The van der Waals surface area contributed by atoms with Crippen LogP contribution in [0.2, 0.25) is 0 Å². The van der Waals surface area contributed by atoms with Gasteiger partial charge in [-0.1, -0.05) is 24.3 Å². The lowest BCUT2D eigenvalue weighted by molar-refractivity contribution is 1.07. The van der Waals surface area contributed by atoms with E-state index >= 15 is 0 Å². The quantitative estimate of drug-likeness (QED) is 0.579. The Kier molecular flexibility index (Phi) is 3.64. The molecule has 4 rings (SSSR count). The van der Waals surface area contributed by atoms with Crippen molar-refractivity contribution in [1.82, 2.24) is 15.2 Å². The molecule has 0 unspecified atom stereocenters. The largest absolute Gasteiger partial charge is 0.340 e. The number of nitriles is 1. The van der Waals surface area contributed by atoms with Crippen molar-refractivity contribution in [3.8, 4) is 17.2 Å². The summed E-state index contributed by atoms with van der Waals surface area (Å²) >= 11 is 0. The van der Waals surface area contributed by atoms with Crippen LogP contribution in [0.3, 0.4) is 0 Å². The van der Waals surface area contributed by atoms with Gasteiger partial charge in [-0.15, -0.1) is 0 Å². The Morgan fingerprint density at radius 1 is 0.960 bits per heavy atom. The number of hydrogen-bond acceptors (Lipinski definition) is 4. The highest BCUT2D eigenvalue weighted by molar-refractivity contribution is 5.92. The van der Waals surface area contributed by atoms with Gasteiger partial charge in [0.1, 0.15) is 5.82 Å². The van der Waals surface area contributed by atoms with Gasteiger partial charge in [-0.25, -0.2) is 4.98 Å². The van der Waals surface area contributed by atoms with E-state index in [-0.39, 0.29) is 0 Å². The van der Waals surface area contributed by atoms with Crippen molar-refractivity contribution in [3.63, 3.8) is 0 Å². The predicted octanol–water partition coefficient (Wildman–Crippen LogP) is 4.55. The smallest absolute Gasteiger partial charge is 0.141 e. The van der Waals surface area contributed by atoms with Gasteiger partial charge in [-0.2, -0.15) is 10.4 Å². The van der Waals surface area contributed by atoms with Crippen molar-refractivity contribution in [2.45, 2.75) is 6.92 Å². The Balaban J connectivity index is 1.61. The van der Waals surface area contributed by atoms with E-state index in [4.69, 9.17) is 5.26 Å². The van der Waals surface area contributed by atoms with E-state index < -0.39 is 0 Å². The molecule has 2 aromatic heterocycles. The van der Waals surface area contributed by atoms with Crippen LogP contribution in [0, 0.1) is 18.3 Å². The van der Waals surface area contributed by atoms with E-state index in [9.17, 15) is 0 Å². The maximum Gasteiger partial charge on any atom is 0.141 e. The molecule has 0 atom stereocenters. The van der Waals surface area contributed by atoms with E-state index in [0.717, 1.165) is 39.2 Å². The Morgan fingerprint density at radius 2 is 1.64 bits per heavy atom. The molecule has 0 saturated heterocycles. The molecule has 0 aliphatic carbocycles. The van der Waals surface area contributed by atoms with E-state index in [1.807, 2.05) is 61.5 Å². The van der Waals surface area contributed by atoms with E-state index in [0.29, 0.717) is 5.56 Å². The molecule has 0 saturated carbocycles. The standard InChI is InChI=1S/C20H15N5/c1-13-19-18(25-24-13)10-11-22-20(19)23-17-8-6-16(7-9-17)15-4-2-14(12-21)3-5-15/h2-11H,1H3,(H,22,23)(H,24,25). The fraction of sp³-hybridized carbons (Fsp3) is 0.0500. The van der Waals surface area contributed by atoms with Crippen LogP contribution in [0.4, 0.5) is 11.5 Å². The van der Waals surface area contributed by atoms with Gasteiger partial charge in [0.2, 0.25) is 0 Å². The molecule has 5 heteroatoms. The van der Waals surface area contributed by atoms with Crippen LogP contribution < -0.4 is 5.32 Å². The van der Waals surface area contributed by atoms with Crippen LogP contribution in [0.25, 0.3) is 22.0 Å². The second kappa shape index (κ2) is 6.10. The first-order chi connectivity index (χ1) is 12.2. The first-order valence-corrected chi connectivity index (χ1v) is 7.92.